The van der Waals surface area contributed by atoms with E-state index in [4.69, 9.17) is 9.47 Å². The SMILES string of the molecule is O=C(c1cccc(NS(=O)(=O)c2ccc3c(c2)OCCO3)c1)N1CCC(C(=O)N2CCCC2)CC1. The lowest BCUT2D eigenvalue weighted by atomic mass is 9.95. The maximum absolute atomic E-state index is 13.1. The fraction of sp³-hybridized carbons (Fsp3) is 0.440. The lowest BCUT2D eigenvalue weighted by Gasteiger charge is -2.33. The van der Waals surface area contributed by atoms with Crippen LogP contribution in [0.4, 0.5) is 5.69 Å². The van der Waals surface area contributed by atoms with Gasteiger partial charge in [0.15, 0.2) is 11.5 Å². The quantitative estimate of drug-likeness (QED) is 0.678. The first-order valence-electron chi connectivity index (χ1n) is 12.0. The molecule has 2 aromatic rings. The number of hydrogen-bond donors (Lipinski definition) is 1. The molecule has 9 nitrogen and oxygen atoms in total. The average molecular weight is 500 g/mol. The van der Waals surface area contributed by atoms with Crippen molar-refractivity contribution in [1.29, 1.82) is 0 Å². The third-order valence-corrected chi connectivity index (χ3v) is 8.11. The zero-order valence-corrected chi connectivity index (χ0v) is 20.3. The normalized spacial score (nSPS) is 18.4. The molecule has 0 aliphatic carbocycles. The van der Waals surface area contributed by atoms with Crippen molar-refractivity contribution in [2.75, 3.05) is 44.1 Å². The predicted molar refractivity (Wildman–Crippen MR) is 129 cm³/mol. The Hall–Kier alpha value is -3.27. The standard InChI is InChI=1S/C25H29N3O6S/c29-24(27-10-1-2-11-27)18-8-12-28(13-9-18)25(30)19-4-3-5-20(16-19)26-35(31,32)21-6-7-22-23(17-21)34-15-14-33-22/h3-7,16-18,26H,1-2,8-15H2. The van der Waals surface area contributed by atoms with Crippen molar-refractivity contribution < 1.29 is 27.5 Å². The van der Waals surface area contributed by atoms with Crippen molar-refractivity contribution in [2.24, 2.45) is 5.92 Å². The van der Waals surface area contributed by atoms with E-state index in [1.54, 1.807) is 35.2 Å². The summed E-state index contributed by atoms with van der Waals surface area (Å²) in [4.78, 5) is 29.5. The first kappa shape index (κ1) is 23.5. The predicted octanol–water partition coefficient (Wildman–Crippen LogP) is 2.73. The highest BCUT2D eigenvalue weighted by atomic mass is 32.2. The maximum Gasteiger partial charge on any atom is 0.262 e. The third-order valence-electron chi connectivity index (χ3n) is 6.73. The number of benzene rings is 2. The summed E-state index contributed by atoms with van der Waals surface area (Å²) in [5.41, 5.74) is 0.696. The van der Waals surface area contributed by atoms with Crippen LogP contribution in [-0.4, -0.2) is 69.4 Å². The zero-order valence-electron chi connectivity index (χ0n) is 19.4. The van der Waals surface area contributed by atoms with Gasteiger partial charge in [0.25, 0.3) is 15.9 Å². The summed E-state index contributed by atoms with van der Waals surface area (Å²) in [7, 11) is -3.89. The Labute approximate surface area is 205 Å². The van der Waals surface area contributed by atoms with Gasteiger partial charge in [-0.3, -0.25) is 14.3 Å². The monoisotopic (exact) mass is 499 g/mol. The molecule has 0 radical (unpaired) electrons. The Morgan fingerprint density at radius 1 is 0.857 bits per heavy atom. The highest BCUT2D eigenvalue weighted by Gasteiger charge is 2.31. The van der Waals surface area contributed by atoms with Crippen LogP contribution in [0.2, 0.25) is 0 Å². The Balaban J connectivity index is 1.23. The molecule has 186 valence electrons. The molecule has 2 aromatic carbocycles. The van der Waals surface area contributed by atoms with Crippen LogP contribution in [0.5, 0.6) is 11.5 Å². The number of sulfonamides is 1. The molecule has 2 amide bonds. The molecule has 0 aromatic heterocycles. The summed E-state index contributed by atoms with van der Waals surface area (Å²) in [6.07, 6.45) is 3.44. The fourth-order valence-electron chi connectivity index (χ4n) is 4.83. The van der Waals surface area contributed by atoms with Crippen molar-refractivity contribution in [3.05, 3.63) is 48.0 Å². The largest absolute Gasteiger partial charge is 0.486 e. The lowest BCUT2D eigenvalue weighted by molar-refractivity contribution is -0.135. The van der Waals surface area contributed by atoms with E-state index in [1.807, 2.05) is 4.90 Å². The fourth-order valence-corrected chi connectivity index (χ4v) is 5.89. The summed E-state index contributed by atoms with van der Waals surface area (Å²) in [6, 6.07) is 10.9. The number of rotatable bonds is 5. The van der Waals surface area contributed by atoms with Gasteiger partial charge in [-0.25, -0.2) is 8.42 Å². The summed E-state index contributed by atoms with van der Waals surface area (Å²) in [6.45, 7) is 3.48. The summed E-state index contributed by atoms with van der Waals surface area (Å²) < 4.78 is 39.4. The number of carbonyl (C=O) groups excluding carboxylic acids is 2. The Morgan fingerprint density at radius 2 is 1.57 bits per heavy atom. The number of nitrogens with zero attached hydrogens (tertiary/aromatic N) is 2. The van der Waals surface area contributed by atoms with E-state index in [0.29, 0.717) is 61.9 Å². The van der Waals surface area contributed by atoms with Crippen molar-refractivity contribution in [1.82, 2.24) is 9.80 Å². The minimum atomic E-state index is -3.89. The second kappa shape index (κ2) is 9.77. The van der Waals surface area contributed by atoms with E-state index in [2.05, 4.69) is 4.72 Å². The van der Waals surface area contributed by atoms with E-state index in [9.17, 15) is 18.0 Å². The number of likely N-dealkylation sites (tertiary alicyclic amines) is 2. The second-order valence-corrected chi connectivity index (χ2v) is 10.8. The van der Waals surface area contributed by atoms with Crippen LogP contribution < -0.4 is 14.2 Å². The summed E-state index contributed by atoms with van der Waals surface area (Å²) in [5.74, 6) is 0.909. The molecule has 3 aliphatic rings. The third kappa shape index (κ3) is 5.07. The Morgan fingerprint density at radius 3 is 2.31 bits per heavy atom. The molecular formula is C25H29N3O6S. The number of piperidine rings is 1. The van der Waals surface area contributed by atoms with Crippen molar-refractivity contribution in [3.63, 3.8) is 0 Å². The van der Waals surface area contributed by atoms with Crippen LogP contribution >= 0.6 is 0 Å². The molecule has 0 unspecified atom stereocenters. The van der Waals surface area contributed by atoms with Gasteiger partial charge in [0.2, 0.25) is 5.91 Å². The van der Waals surface area contributed by atoms with Gasteiger partial charge in [-0.2, -0.15) is 0 Å². The van der Waals surface area contributed by atoms with Gasteiger partial charge < -0.3 is 19.3 Å². The van der Waals surface area contributed by atoms with E-state index in [0.717, 1.165) is 25.9 Å². The molecule has 1 N–H and O–H groups in total. The topological polar surface area (TPSA) is 105 Å². The average Bonchev–Trinajstić information content (AvgIpc) is 3.43. The molecule has 3 heterocycles. The van der Waals surface area contributed by atoms with Crippen LogP contribution in [0.25, 0.3) is 0 Å². The van der Waals surface area contributed by atoms with Crippen LogP contribution in [-0.2, 0) is 14.8 Å². The number of amides is 2. The van der Waals surface area contributed by atoms with Gasteiger partial charge in [0.05, 0.1) is 4.90 Å². The van der Waals surface area contributed by atoms with E-state index < -0.39 is 10.0 Å². The molecule has 3 aliphatic heterocycles. The Kier molecular flexibility index (Phi) is 6.55. The zero-order chi connectivity index (χ0) is 24.4. The number of ether oxygens (including phenoxy) is 2. The molecule has 2 fully saturated rings. The summed E-state index contributed by atoms with van der Waals surface area (Å²) >= 11 is 0. The molecule has 10 heteroatoms. The van der Waals surface area contributed by atoms with Crippen molar-refractivity contribution in [2.45, 2.75) is 30.6 Å². The number of nitrogens with one attached hydrogen (secondary N) is 1. The van der Waals surface area contributed by atoms with Crippen molar-refractivity contribution >= 4 is 27.5 Å². The number of anilines is 1. The summed E-state index contributed by atoms with van der Waals surface area (Å²) in [5, 5.41) is 0. The van der Waals surface area contributed by atoms with Crippen LogP contribution in [0.3, 0.4) is 0 Å². The smallest absolute Gasteiger partial charge is 0.262 e. The first-order chi connectivity index (χ1) is 16.9. The highest BCUT2D eigenvalue weighted by Crippen LogP contribution is 2.33. The minimum absolute atomic E-state index is 0.0266. The molecule has 5 rings (SSSR count). The van der Waals surface area contributed by atoms with Gasteiger partial charge in [-0.05, 0) is 56.0 Å². The van der Waals surface area contributed by atoms with Crippen LogP contribution in [0, 0.1) is 5.92 Å². The molecule has 0 spiro atoms. The first-order valence-corrected chi connectivity index (χ1v) is 13.5. The van der Waals surface area contributed by atoms with Gasteiger partial charge in [0.1, 0.15) is 13.2 Å². The van der Waals surface area contributed by atoms with Gasteiger partial charge in [0, 0.05) is 49.4 Å². The highest BCUT2D eigenvalue weighted by molar-refractivity contribution is 7.92. The Bertz CT molecular complexity index is 1220. The van der Waals surface area contributed by atoms with Gasteiger partial charge in [-0.15, -0.1) is 0 Å². The van der Waals surface area contributed by atoms with E-state index >= 15 is 0 Å². The molecule has 2 saturated heterocycles. The van der Waals surface area contributed by atoms with Crippen LogP contribution in [0.1, 0.15) is 36.0 Å². The van der Waals surface area contributed by atoms with Crippen LogP contribution in [0.15, 0.2) is 47.4 Å². The number of hydrogen-bond acceptors (Lipinski definition) is 6. The molecule has 0 atom stereocenters. The van der Waals surface area contributed by atoms with E-state index in [1.165, 1.54) is 12.1 Å². The second-order valence-electron chi connectivity index (χ2n) is 9.09. The maximum atomic E-state index is 13.1. The number of fused-ring (bicyclic) bond motifs is 1. The van der Waals surface area contributed by atoms with Gasteiger partial charge in [-0.1, -0.05) is 6.07 Å². The van der Waals surface area contributed by atoms with E-state index in [-0.39, 0.29) is 22.6 Å². The molecule has 35 heavy (non-hydrogen) atoms. The molecule has 0 bridgehead atoms. The number of carbonyl (C=O) groups is 2. The lowest BCUT2D eigenvalue weighted by Crippen LogP contribution is -2.43. The molecular weight excluding hydrogens is 470 g/mol. The van der Waals surface area contributed by atoms with Gasteiger partial charge >= 0.3 is 0 Å². The molecule has 0 saturated carbocycles. The van der Waals surface area contributed by atoms with Crippen molar-refractivity contribution in [3.8, 4) is 11.5 Å². The minimum Gasteiger partial charge on any atom is -0.486 e.